The van der Waals surface area contributed by atoms with E-state index in [1.54, 1.807) is 31.6 Å². The number of anilines is 1. The maximum Gasteiger partial charge on any atom is 0.257 e. The first-order valence-electron chi connectivity index (χ1n) is 10.7. The summed E-state index contributed by atoms with van der Waals surface area (Å²) in [5.41, 5.74) is 4.44. The monoisotopic (exact) mass is 475 g/mol. The van der Waals surface area contributed by atoms with E-state index >= 15 is 0 Å². The molecule has 174 valence electrons. The molecule has 8 heteroatoms. The van der Waals surface area contributed by atoms with Gasteiger partial charge in [-0.2, -0.15) is 0 Å². The maximum absolute atomic E-state index is 12.4. The van der Waals surface area contributed by atoms with Crippen molar-refractivity contribution in [2.45, 2.75) is 13.8 Å². The summed E-state index contributed by atoms with van der Waals surface area (Å²) in [5.74, 6) is 2.02. The number of aryl methyl sites for hydroxylation is 2. The molecule has 0 bridgehead atoms. The summed E-state index contributed by atoms with van der Waals surface area (Å²) >= 11 is 1.39. The van der Waals surface area contributed by atoms with E-state index in [0.29, 0.717) is 23.9 Å². The number of carbonyl (C=O) groups excluding carboxylic acids is 1. The predicted molar refractivity (Wildman–Crippen MR) is 133 cm³/mol. The Morgan fingerprint density at radius 3 is 2.29 bits per heavy atom. The molecule has 0 aliphatic carbocycles. The molecule has 0 radical (unpaired) electrons. The smallest absolute Gasteiger partial charge is 0.257 e. The molecule has 0 saturated carbocycles. The van der Waals surface area contributed by atoms with Gasteiger partial charge in [0.25, 0.3) is 5.91 Å². The Balaban J connectivity index is 1.45. The van der Waals surface area contributed by atoms with E-state index in [2.05, 4.69) is 15.3 Å². The maximum atomic E-state index is 12.4. The van der Waals surface area contributed by atoms with E-state index in [1.807, 2.05) is 55.6 Å². The van der Waals surface area contributed by atoms with Crippen molar-refractivity contribution in [3.63, 3.8) is 0 Å². The van der Waals surface area contributed by atoms with Gasteiger partial charge in [0.2, 0.25) is 0 Å². The highest BCUT2D eigenvalue weighted by Crippen LogP contribution is 2.34. The molecule has 7 nitrogen and oxygen atoms in total. The van der Waals surface area contributed by atoms with E-state index in [9.17, 15) is 4.79 Å². The molecule has 2 aromatic heterocycles. The number of nitrogens with zero attached hydrogens (tertiary/aromatic N) is 2. The number of thiazole rings is 1. The van der Waals surface area contributed by atoms with Crippen LogP contribution in [0.15, 0.2) is 66.3 Å². The second kappa shape index (κ2) is 10.9. The lowest BCUT2D eigenvalue weighted by atomic mass is 10.0. The van der Waals surface area contributed by atoms with Gasteiger partial charge in [-0.3, -0.25) is 15.1 Å². The third-order valence-electron chi connectivity index (χ3n) is 5.05. The van der Waals surface area contributed by atoms with Gasteiger partial charge < -0.3 is 14.2 Å². The fourth-order valence-electron chi connectivity index (χ4n) is 3.49. The zero-order valence-electron chi connectivity index (χ0n) is 19.2. The third kappa shape index (κ3) is 5.78. The van der Waals surface area contributed by atoms with E-state index in [-0.39, 0.29) is 5.91 Å². The first-order chi connectivity index (χ1) is 16.5. The van der Waals surface area contributed by atoms with Gasteiger partial charge in [0.1, 0.15) is 23.9 Å². The van der Waals surface area contributed by atoms with Crippen LogP contribution in [0.2, 0.25) is 0 Å². The molecule has 34 heavy (non-hydrogen) atoms. The van der Waals surface area contributed by atoms with Crippen LogP contribution in [0.3, 0.4) is 0 Å². The summed E-state index contributed by atoms with van der Waals surface area (Å²) in [6.45, 7) is 5.09. The highest BCUT2D eigenvalue weighted by molar-refractivity contribution is 7.14. The first kappa shape index (κ1) is 23.4. The second-order valence-corrected chi connectivity index (χ2v) is 8.43. The molecule has 1 amide bonds. The molecule has 0 spiro atoms. The van der Waals surface area contributed by atoms with Crippen molar-refractivity contribution in [3.8, 4) is 28.5 Å². The number of hydrogen-bond acceptors (Lipinski definition) is 7. The van der Waals surface area contributed by atoms with Gasteiger partial charge in [0, 0.05) is 36.0 Å². The lowest BCUT2D eigenvalue weighted by Gasteiger charge is -2.13. The van der Waals surface area contributed by atoms with Crippen LogP contribution in [0.4, 0.5) is 5.13 Å². The van der Waals surface area contributed by atoms with Crippen LogP contribution in [-0.2, 0) is 4.74 Å². The molecule has 4 rings (SSSR count). The van der Waals surface area contributed by atoms with Crippen LogP contribution in [0, 0.1) is 13.8 Å². The van der Waals surface area contributed by atoms with Gasteiger partial charge in [0.05, 0.1) is 12.3 Å². The quantitative estimate of drug-likeness (QED) is 0.304. The van der Waals surface area contributed by atoms with Crippen molar-refractivity contribution in [2.75, 3.05) is 25.6 Å². The van der Waals surface area contributed by atoms with E-state index in [0.717, 1.165) is 39.6 Å². The van der Waals surface area contributed by atoms with Crippen LogP contribution in [-0.4, -0.2) is 36.2 Å². The highest BCUT2D eigenvalue weighted by atomic mass is 32.1. The van der Waals surface area contributed by atoms with E-state index < -0.39 is 0 Å². The van der Waals surface area contributed by atoms with E-state index in [1.165, 1.54) is 11.3 Å². The van der Waals surface area contributed by atoms with Crippen molar-refractivity contribution in [2.24, 2.45) is 0 Å². The molecule has 0 aliphatic rings. The van der Waals surface area contributed by atoms with Gasteiger partial charge in [0.15, 0.2) is 5.13 Å². The summed E-state index contributed by atoms with van der Waals surface area (Å²) < 4.78 is 16.6. The first-order valence-corrected chi connectivity index (χ1v) is 11.6. The van der Waals surface area contributed by atoms with Crippen LogP contribution >= 0.6 is 11.3 Å². The average Bonchev–Trinajstić information content (AvgIpc) is 3.28. The normalized spacial score (nSPS) is 10.7. The number of amides is 1. The van der Waals surface area contributed by atoms with Crippen molar-refractivity contribution in [1.82, 2.24) is 9.97 Å². The van der Waals surface area contributed by atoms with Crippen molar-refractivity contribution in [3.05, 3.63) is 83.0 Å². The van der Waals surface area contributed by atoms with Crippen molar-refractivity contribution >= 4 is 22.4 Å². The predicted octanol–water partition coefficient (Wildman–Crippen LogP) is 5.89. The van der Waals surface area contributed by atoms with Gasteiger partial charge in [-0.15, -0.1) is 11.3 Å². The second-order valence-electron chi connectivity index (χ2n) is 7.57. The molecule has 0 saturated heterocycles. The average molecular weight is 476 g/mol. The zero-order valence-corrected chi connectivity index (χ0v) is 20.0. The molecular formula is C26H25N3O4S. The molecule has 2 heterocycles. The molecular weight excluding hydrogens is 450 g/mol. The number of nitrogens with one attached hydrogen (secondary N) is 1. The Morgan fingerprint density at radius 1 is 0.941 bits per heavy atom. The van der Waals surface area contributed by atoms with Gasteiger partial charge >= 0.3 is 0 Å². The molecule has 2 aromatic carbocycles. The number of carbonyl (C=O) groups is 1. The molecule has 0 atom stereocenters. The topological polar surface area (TPSA) is 82.6 Å². The Morgan fingerprint density at radius 2 is 1.62 bits per heavy atom. The van der Waals surface area contributed by atoms with E-state index in [4.69, 9.17) is 14.2 Å². The lowest BCUT2D eigenvalue weighted by Crippen LogP contribution is -2.11. The molecule has 1 N–H and O–H groups in total. The van der Waals surface area contributed by atoms with Gasteiger partial charge in [-0.25, -0.2) is 4.98 Å². The largest absolute Gasteiger partial charge is 0.491 e. The Hall–Kier alpha value is -3.75. The minimum Gasteiger partial charge on any atom is -0.491 e. The fourth-order valence-corrected chi connectivity index (χ4v) is 4.18. The summed E-state index contributed by atoms with van der Waals surface area (Å²) in [6.07, 6.45) is 3.17. The minimum atomic E-state index is -0.212. The number of hydrogen-bond donors (Lipinski definition) is 1. The molecule has 0 unspecified atom stereocenters. The SMILES string of the molecule is COCCOc1ccc(Oc2cc(C)c(-c3csc(NC(=O)c4ccncc4)n3)c(C)c2)cc1. The Labute approximate surface area is 202 Å². The third-order valence-corrected chi connectivity index (χ3v) is 5.80. The van der Waals surface area contributed by atoms with Gasteiger partial charge in [-0.05, 0) is 73.5 Å². The minimum absolute atomic E-state index is 0.212. The van der Waals surface area contributed by atoms with Crippen LogP contribution in [0.1, 0.15) is 21.5 Å². The molecule has 4 aromatic rings. The molecule has 0 aliphatic heterocycles. The van der Waals surface area contributed by atoms with Crippen LogP contribution in [0.25, 0.3) is 11.3 Å². The number of benzene rings is 2. The summed E-state index contributed by atoms with van der Waals surface area (Å²) in [7, 11) is 1.64. The fraction of sp³-hybridized carbons (Fsp3) is 0.192. The summed E-state index contributed by atoms with van der Waals surface area (Å²) in [5, 5.41) is 5.34. The zero-order chi connectivity index (χ0) is 23.9. The number of aromatic nitrogens is 2. The Kier molecular flexibility index (Phi) is 7.51. The standard InChI is InChI=1S/C26H25N3O4S/c1-17-14-22(33-21-6-4-20(5-7-21)32-13-12-31-3)15-18(2)24(17)23-16-34-26(28-23)29-25(30)19-8-10-27-11-9-19/h4-11,14-16H,12-13H2,1-3H3,(H,28,29,30). The number of pyridine rings is 1. The van der Waals surface area contributed by atoms with Crippen molar-refractivity contribution in [1.29, 1.82) is 0 Å². The number of rotatable bonds is 9. The Bertz CT molecular complexity index is 1230. The van der Waals surface area contributed by atoms with Crippen molar-refractivity contribution < 1.29 is 19.0 Å². The summed E-state index contributed by atoms with van der Waals surface area (Å²) in [6, 6.07) is 14.8. The molecule has 0 fully saturated rings. The highest BCUT2D eigenvalue weighted by Gasteiger charge is 2.14. The number of ether oxygens (including phenoxy) is 3. The summed E-state index contributed by atoms with van der Waals surface area (Å²) in [4.78, 5) is 21.0. The van der Waals surface area contributed by atoms with Crippen LogP contribution < -0.4 is 14.8 Å². The van der Waals surface area contributed by atoms with Crippen LogP contribution in [0.5, 0.6) is 17.2 Å². The van der Waals surface area contributed by atoms with Gasteiger partial charge in [-0.1, -0.05) is 0 Å². The number of methoxy groups -OCH3 is 1. The lowest BCUT2D eigenvalue weighted by molar-refractivity contribution is 0.102.